The van der Waals surface area contributed by atoms with Crippen molar-refractivity contribution >= 4 is 5.97 Å². The maximum Gasteiger partial charge on any atom is 0.305 e. The van der Waals surface area contributed by atoms with Gasteiger partial charge in [-0.25, -0.2) is 0 Å². The van der Waals surface area contributed by atoms with Crippen LogP contribution in [0.4, 0.5) is 0 Å². The lowest BCUT2D eigenvalue weighted by Crippen LogP contribution is -2.02. The van der Waals surface area contributed by atoms with Crippen LogP contribution >= 0.6 is 0 Å². The van der Waals surface area contributed by atoms with Crippen LogP contribution in [0.3, 0.4) is 0 Å². The van der Waals surface area contributed by atoms with E-state index in [1.165, 1.54) is 7.11 Å². The van der Waals surface area contributed by atoms with E-state index in [4.69, 9.17) is 5.11 Å². The molecule has 3 nitrogen and oxygen atoms in total. The first-order valence-corrected chi connectivity index (χ1v) is 4.38. The average Bonchev–Trinajstić information content (AvgIpc) is 2.11. The van der Waals surface area contributed by atoms with E-state index in [1.807, 2.05) is 6.92 Å². The molecule has 0 aliphatic heterocycles. The highest BCUT2D eigenvalue weighted by molar-refractivity contribution is 5.68. The number of hydrogen-bond donors (Lipinski definition) is 1. The van der Waals surface area contributed by atoms with E-state index in [-0.39, 0.29) is 12.6 Å². The Morgan fingerprint density at radius 1 is 1.50 bits per heavy atom. The van der Waals surface area contributed by atoms with Crippen LogP contribution in [0, 0.1) is 5.92 Å². The van der Waals surface area contributed by atoms with Crippen molar-refractivity contribution in [2.24, 2.45) is 5.92 Å². The largest absolute Gasteiger partial charge is 0.469 e. The summed E-state index contributed by atoms with van der Waals surface area (Å²) in [5.41, 5.74) is 0. The number of carbonyl (C=O) groups excluding carboxylic acids is 1. The third kappa shape index (κ3) is 6.16. The van der Waals surface area contributed by atoms with E-state index in [9.17, 15) is 4.79 Å². The molecular weight excluding hydrogens is 156 g/mol. The van der Waals surface area contributed by atoms with Crippen molar-refractivity contribution in [2.75, 3.05) is 13.7 Å². The number of carbonyl (C=O) groups is 1. The molecule has 0 rings (SSSR count). The Bertz CT molecular complexity index is 123. The molecule has 12 heavy (non-hydrogen) atoms. The van der Waals surface area contributed by atoms with E-state index in [0.29, 0.717) is 12.3 Å². The number of methoxy groups -OCH3 is 1. The Morgan fingerprint density at radius 2 is 2.17 bits per heavy atom. The van der Waals surface area contributed by atoms with Gasteiger partial charge >= 0.3 is 5.97 Å². The molecule has 0 aromatic heterocycles. The summed E-state index contributed by atoms with van der Waals surface area (Å²) in [6.07, 6.45) is 3.32. The summed E-state index contributed by atoms with van der Waals surface area (Å²) in [5, 5.41) is 8.70. The van der Waals surface area contributed by atoms with Crippen molar-refractivity contribution in [3.8, 4) is 0 Å². The summed E-state index contributed by atoms with van der Waals surface area (Å²) in [6.45, 7) is 2.23. The normalized spacial score (nSPS) is 12.6. The van der Waals surface area contributed by atoms with Gasteiger partial charge in [-0.05, 0) is 18.8 Å². The maximum absolute atomic E-state index is 10.7. The van der Waals surface area contributed by atoms with Crippen LogP contribution in [0.15, 0.2) is 0 Å². The first kappa shape index (κ1) is 11.4. The fourth-order valence-electron chi connectivity index (χ4n) is 0.955. The molecule has 0 spiro atoms. The molecule has 0 aliphatic rings. The second-order valence-corrected chi connectivity index (χ2v) is 3.11. The molecule has 0 heterocycles. The SMILES string of the molecule is COC(=O)CCCCC(C)CO. The quantitative estimate of drug-likeness (QED) is 0.488. The molecule has 0 fully saturated rings. The van der Waals surface area contributed by atoms with Gasteiger partial charge in [0.25, 0.3) is 0 Å². The van der Waals surface area contributed by atoms with Gasteiger partial charge in [0.2, 0.25) is 0 Å². The van der Waals surface area contributed by atoms with Crippen molar-refractivity contribution < 1.29 is 14.6 Å². The molecular formula is C9H18O3. The highest BCUT2D eigenvalue weighted by Gasteiger charge is 2.02. The average molecular weight is 174 g/mol. The fourth-order valence-corrected chi connectivity index (χ4v) is 0.955. The molecule has 0 aromatic rings. The predicted octanol–water partition coefficient (Wildman–Crippen LogP) is 1.35. The molecule has 0 saturated carbocycles. The monoisotopic (exact) mass is 174 g/mol. The Labute approximate surface area is 73.7 Å². The standard InChI is InChI=1S/C9H18O3/c1-8(7-10)5-3-4-6-9(11)12-2/h8,10H,3-7H2,1-2H3. The highest BCUT2D eigenvalue weighted by atomic mass is 16.5. The summed E-state index contributed by atoms with van der Waals surface area (Å²) in [7, 11) is 1.40. The number of unbranched alkanes of at least 4 members (excludes halogenated alkanes) is 1. The van der Waals surface area contributed by atoms with Crippen LogP contribution < -0.4 is 0 Å². The van der Waals surface area contributed by atoms with Crippen molar-refractivity contribution in [1.82, 2.24) is 0 Å². The van der Waals surface area contributed by atoms with Gasteiger partial charge in [0.15, 0.2) is 0 Å². The minimum atomic E-state index is -0.147. The van der Waals surface area contributed by atoms with Crippen LogP contribution in [0.25, 0.3) is 0 Å². The van der Waals surface area contributed by atoms with Crippen molar-refractivity contribution in [3.63, 3.8) is 0 Å². The van der Waals surface area contributed by atoms with E-state index >= 15 is 0 Å². The molecule has 0 saturated heterocycles. The molecule has 0 bridgehead atoms. The Balaban J connectivity index is 3.15. The molecule has 0 aromatic carbocycles. The fraction of sp³-hybridized carbons (Fsp3) is 0.889. The van der Waals surface area contributed by atoms with Crippen molar-refractivity contribution in [1.29, 1.82) is 0 Å². The van der Waals surface area contributed by atoms with Crippen LogP contribution in [0.1, 0.15) is 32.6 Å². The number of esters is 1. The number of ether oxygens (including phenoxy) is 1. The Kier molecular flexibility index (Phi) is 6.76. The molecule has 0 amide bonds. The van der Waals surface area contributed by atoms with E-state index in [0.717, 1.165) is 19.3 Å². The number of aliphatic hydroxyl groups is 1. The van der Waals surface area contributed by atoms with Gasteiger partial charge in [0.05, 0.1) is 7.11 Å². The van der Waals surface area contributed by atoms with Crippen molar-refractivity contribution in [2.45, 2.75) is 32.6 Å². The molecule has 0 radical (unpaired) electrons. The first-order valence-electron chi connectivity index (χ1n) is 4.38. The predicted molar refractivity (Wildman–Crippen MR) is 46.7 cm³/mol. The summed E-state index contributed by atoms with van der Waals surface area (Å²) in [6, 6.07) is 0. The van der Waals surface area contributed by atoms with Gasteiger partial charge in [-0.15, -0.1) is 0 Å². The lowest BCUT2D eigenvalue weighted by atomic mass is 10.0. The minimum absolute atomic E-state index is 0.147. The number of hydrogen-bond acceptors (Lipinski definition) is 3. The molecule has 1 atom stereocenters. The summed E-state index contributed by atoms with van der Waals surface area (Å²) >= 11 is 0. The van der Waals surface area contributed by atoms with Crippen molar-refractivity contribution in [3.05, 3.63) is 0 Å². The van der Waals surface area contributed by atoms with Gasteiger partial charge in [0, 0.05) is 13.0 Å². The molecule has 0 aliphatic carbocycles. The van der Waals surface area contributed by atoms with E-state index in [2.05, 4.69) is 4.74 Å². The summed E-state index contributed by atoms with van der Waals surface area (Å²) in [4.78, 5) is 10.7. The van der Waals surface area contributed by atoms with Gasteiger partial charge in [-0.1, -0.05) is 13.3 Å². The number of aliphatic hydroxyl groups excluding tert-OH is 1. The molecule has 72 valence electrons. The topological polar surface area (TPSA) is 46.5 Å². The van der Waals surface area contributed by atoms with E-state index in [1.54, 1.807) is 0 Å². The zero-order valence-corrected chi connectivity index (χ0v) is 7.88. The van der Waals surface area contributed by atoms with Gasteiger partial charge < -0.3 is 9.84 Å². The maximum atomic E-state index is 10.7. The third-order valence-electron chi connectivity index (χ3n) is 1.87. The second-order valence-electron chi connectivity index (χ2n) is 3.11. The number of rotatable bonds is 6. The summed E-state index contributed by atoms with van der Waals surface area (Å²) < 4.78 is 4.50. The van der Waals surface area contributed by atoms with Gasteiger partial charge in [-0.2, -0.15) is 0 Å². The van der Waals surface area contributed by atoms with Crippen LogP contribution in [-0.4, -0.2) is 24.8 Å². The summed E-state index contributed by atoms with van der Waals surface area (Å²) in [5.74, 6) is 0.203. The smallest absolute Gasteiger partial charge is 0.305 e. The first-order chi connectivity index (χ1) is 5.70. The van der Waals surface area contributed by atoms with Gasteiger partial charge in [0.1, 0.15) is 0 Å². The highest BCUT2D eigenvalue weighted by Crippen LogP contribution is 2.08. The molecule has 3 heteroatoms. The molecule has 1 N–H and O–H groups in total. The second kappa shape index (κ2) is 7.10. The third-order valence-corrected chi connectivity index (χ3v) is 1.87. The van der Waals surface area contributed by atoms with Gasteiger partial charge in [-0.3, -0.25) is 4.79 Å². The van der Waals surface area contributed by atoms with E-state index < -0.39 is 0 Å². The minimum Gasteiger partial charge on any atom is -0.469 e. The molecule has 1 unspecified atom stereocenters. The Hall–Kier alpha value is -0.570. The van der Waals surface area contributed by atoms with Crippen LogP contribution in [0.2, 0.25) is 0 Å². The Morgan fingerprint density at radius 3 is 2.67 bits per heavy atom. The lowest BCUT2D eigenvalue weighted by molar-refractivity contribution is -0.140. The zero-order chi connectivity index (χ0) is 9.40. The zero-order valence-electron chi connectivity index (χ0n) is 7.88. The lowest BCUT2D eigenvalue weighted by Gasteiger charge is -2.05. The van der Waals surface area contributed by atoms with Crippen LogP contribution in [0.5, 0.6) is 0 Å². The van der Waals surface area contributed by atoms with Crippen LogP contribution in [-0.2, 0) is 9.53 Å².